The minimum absolute atomic E-state index is 0.487. The second kappa shape index (κ2) is 5.42. The van der Waals surface area contributed by atoms with Crippen molar-refractivity contribution in [2.24, 2.45) is 0 Å². The van der Waals surface area contributed by atoms with Crippen LogP contribution in [0.15, 0.2) is 0 Å². The van der Waals surface area contributed by atoms with Crippen LogP contribution in [0.25, 0.3) is 0 Å². The summed E-state index contributed by atoms with van der Waals surface area (Å²) in [4.78, 5) is 1.68. The van der Waals surface area contributed by atoms with E-state index in [9.17, 15) is 22.0 Å². The number of halogens is 5. The highest BCUT2D eigenvalue weighted by atomic mass is 19.2. The molecule has 0 radical (unpaired) electrons. The van der Waals surface area contributed by atoms with E-state index in [4.69, 9.17) is 0 Å². The van der Waals surface area contributed by atoms with Crippen LogP contribution in [0.3, 0.4) is 0 Å². The summed E-state index contributed by atoms with van der Waals surface area (Å²) in [5.41, 5.74) is -0.765. The van der Waals surface area contributed by atoms with Crippen molar-refractivity contribution in [1.29, 1.82) is 0 Å². The highest BCUT2D eigenvalue weighted by Gasteiger charge is 2.31. The van der Waals surface area contributed by atoms with Crippen molar-refractivity contribution in [1.82, 2.24) is 10.2 Å². The Balaban J connectivity index is 2.43. The van der Waals surface area contributed by atoms with E-state index in [0.717, 1.165) is 0 Å². The molecular formula is C12H13F5N2. The third-order valence-corrected chi connectivity index (χ3v) is 3.36. The van der Waals surface area contributed by atoms with Crippen LogP contribution in [-0.2, 0) is 0 Å². The molecule has 0 saturated carbocycles. The smallest absolute Gasteiger partial charge is 0.200 e. The van der Waals surface area contributed by atoms with Crippen LogP contribution in [0.1, 0.15) is 18.5 Å². The van der Waals surface area contributed by atoms with E-state index in [1.807, 2.05) is 0 Å². The van der Waals surface area contributed by atoms with Crippen LogP contribution in [0.5, 0.6) is 0 Å². The molecule has 1 aromatic rings. The van der Waals surface area contributed by atoms with Crippen LogP contribution < -0.4 is 5.32 Å². The molecule has 0 bridgehead atoms. The van der Waals surface area contributed by atoms with E-state index < -0.39 is 40.7 Å². The maximum atomic E-state index is 13.6. The Morgan fingerprint density at radius 2 is 1.26 bits per heavy atom. The summed E-state index contributed by atoms with van der Waals surface area (Å²) < 4.78 is 66.5. The number of nitrogens with one attached hydrogen (secondary N) is 1. The zero-order chi connectivity index (χ0) is 14.2. The minimum atomic E-state index is -2.12. The first-order valence-corrected chi connectivity index (χ1v) is 5.91. The monoisotopic (exact) mass is 280 g/mol. The number of nitrogens with zero attached hydrogens (tertiary/aromatic N) is 1. The van der Waals surface area contributed by atoms with E-state index in [2.05, 4.69) is 5.32 Å². The van der Waals surface area contributed by atoms with Crippen molar-refractivity contribution >= 4 is 0 Å². The lowest BCUT2D eigenvalue weighted by Crippen LogP contribution is -2.45. The number of piperazine rings is 1. The molecule has 0 aliphatic carbocycles. The third kappa shape index (κ3) is 2.44. The zero-order valence-corrected chi connectivity index (χ0v) is 10.2. The fourth-order valence-electron chi connectivity index (χ4n) is 2.24. The minimum Gasteiger partial charge on any atom is -0.314 e. The van der Waals surface area contributed by atoms with Crippen LogP contribution in [0.2, 0.25) is 0 Å². The van der Waals surface area contributed by atoms with Crippen LogP contribution in [0, 0.1) is 29.1 Å². The first kappa shape index (κ1) is 14.2. The molecule has 2 rings (SSSR count). The molecule has 1 N–H and O–H groups in total. The molecule has 19 heavy (non-hydrogen) atoms. The van der Waals surface area contributed by atoms with Gasteiger partial charge in [-0.3, -0.25) is 4.90 Å². The SMILES string of the molecule is C[C@@H](c1c(F)c(F)c(F)c(F)c1F)N1CCNCC1. The van der Waals surface area contributed by atoms with Gasteiger partial charge in [0, 0.05) is 37.8 Å². The molecule has 106 valence electrons. The summed E-state index contributed by atoms with van der Waals surface area (Å²) in [6, 6.07) is -0.869. The van der Waals surface area contributed by atoms with Gasteiger partial charge in [0.25, 0.3) is 0 Å². The van der Waals surface area contributed by atoms with Gasteiger partial charge in [-0.15, -0.1) is 0 Å². The molecule has 1 saturated heterocycles. The Kier molecular flexibility index (Phi) is 4.05. The van der Waals surface area contributed by atoms with E-state index in [1.165, 1.54) is 6.92 Å². The van der Waals surface area contributed by atoms with Gasteiger partial charge in [0.15, 0.2) is 23.3 Å². The summed E-state index contributed by atoms with van der Waals surface area (Å²) in [7, 11) is 0. The molecule has 1 aliphatic heterocycles. The Labute approximate surface area is 107 Å². The fraction of sp³-hybridized carbons (Fsp3) is 0.500. The standard InChI is InChI=1S/C12H13F5N2/c1-6(19-4-2-18-3-5-19)7-8(13)10(15)12(17)11(16)9(7)14/h6,18H,2-5H2,1H3/t6-/m0/s1. The maximum absolute atomic E-state index is 13.6. The van der Waals surface area contributed by atoms with Gasteiger partial charge in [-0.1, -0.05) is 0 Å². The van der Waals surface area contributed by atoms with Crippen molar-refractivity contribution in [3.05, 3.63) is 34.6 Å². The molecule has 1 heterocycles. The Morgan fingerprint density at radius 3 is 1.74 bits per heavy atom. The molecule has 1 atom stereocenters. The maximum Gasteiger partial charge on any atom is 0.200 e. The average Bonchev–Trinajstić information content (AvgIpc) is 2.44. The molecule has 0 spiro atoms. The Hall–Kier alpha value is -1.21. The molecule has 1 fully saturated rings. The van der Waals surface area contributed by atoms with Gasteiger partial charge in [0.05, 0.1) is 0 Å². The second-order valence-electron chi connectivity index (χ2n) is 4.45. The summed E-state index contributed by atoms with van der Waals surface area (Å²) >= 11 is 0. The quantitative estimate of drug-likeness (QED) is 0.508. The van der Waals surface area contributed by atoms with Gasteiger partial charge in [-0.25, -0.2) is 22.0 Å². The lowest BCUT2D eigenvalue weighted by atomic mass is 10.0. The number of hydrogen-bond donors (Lipinski definition) is 1. The second-order valence-corrected chi connectivity index (χ2v) is 4.45. The van der Waals surface area contributed by atoms with Crippen LogP contribution >= 0.6 is 0 Å². The van der Waals surface area contributed by atoms with Crippen molar-refractivity contribution < 1.29 is 22.0 Å². The first-order valence-electron chi connectivity index (χ1n) is 5.91. The summed E-state index contributed by atoms with van der Waals surface area (Å²) in [5, 5.41) is 3.04. The van der Waals surface area contributed by atoms with Gasteiger partial charge in [-0.2, -0.15) is 0 Å². The molecular weight excluding hydrogens is 267 g/mol. The molecule has 1 aromatic carbocycles. The van der Waals surface area contributed by atoms with Crippen molar-refractivity contribution in [3.8, 4) is 0 Å². The predicted molar refractivity (Wildman–Crippen MR) is 59.1 cm³/mol. The molecule has 0 aromatic heterocycles. The van der Waals surface area contributed by atoms with Gasteiger partial charge in [-0.05, 0) is 6.92 Å². The zero-order valence-electron chi connectivity index (χ0n) is 10.2. The van der Waals surface area contributed by atoms with E-state index in [0.29, 0.717) is 26.2 Å². The van der Waals surface area contributed by atoms with Crippen LogP contribution in [0.4, 0.5) is 22.0 Å². The van der Waals surface area contributed by atoms with Gasteiger partial charge in [0.1, 0.15) is 0 Å². The van der Waals surface area contributed by atoms with Crippen LogP contribution in [-0.4, -0.2) is 31.1 Å². The average molecular weight is 280 g/mol. The normalized spacial score (nSPS) is 18.6. The highest BCUT2D eigenvalue weighted by Crippen LogP contribution is 2.30. The molecule has 1 aliphatic rings. The number of rotatable bonds is 2. The van der Waals surface area contributed by atoms with Gasteiger partial charge < -0.3 is 5.32 Å². The Morgan fingerprint density at radius 1 is 0.842 bits per heavy atom. The molecule has 0 unspecified atom stereocenters. The van der Waals surface area contributed by atoms with Gasteiger partial charge in [0.2, 0.25) is 5.82 Å². The van der Waals surface area contributed by atoms with Crippen molar-refractivity contribution in [2.75, 3.05) is 26.2 Å². The molecule has 7 heteroatoms. The highest BCUT2D eigenvalue weighted by molar-refractivity contribution is 5.26. The van der Waals surface area contributed by atoms with Gasteiger partial charge >= 0.3 is 0 Å². The summed E-state index contributed by atoms with van der Waals surface area (Å²) in [6.07, 6.45) is 0. The molecule has 0 amide bonds. The number of hydrogen-bond acceptors (Lipinski definition) is 2. The number of benzene rings is 1. The van der Waals surface area contributed by atoms with E-state index in [1.54, 1.807) is 4.90 Å². The predicted octanol–water partition coefficient (Wildman–Crippen LogP) is 2.35. The Bertz CT molecular complexity index is 456. The molecule has 2 nitrogen and oxygen atoms in total. The first-order chi connectivity index (χ1) is 8.95. The van der Waals surface area contributed by atoms with E-state index in [-0.39, 0.29) is 0 Å². The summed E-state index contributed by atoms with van der Waals surface area (Å²) in [6.45, 7) is 3.63. The largest absolute Gasteiger partial charge is 0.314 e. The van der Waals surface area contributed by atoms with Crippen molar-refractivity contribution in [2.45, 2.75) is 13.0 Å². The fourth-order valence-corrected chi connectivity index (χ4v) is 2.24. The lowest BCUT2D eigenvalue weighted by molar-refractivity contribution is 0.175. The van der Waals surface area contributed by atoms with Crippen molar-refractivity contribution in [3.63, 3.8) is 0 Å². The van der Waals surface area contributed by atoms with E-state index >= 15 is 0 Å². The lowest BCUT2D eigenvalue weighted by Gasteiger charge is -2.33. The summed E-state index contributed by atoms with van der Waals surface area (Å²) in [5.74, 6) is -9.40. The topological polar surface area (TPSA) is 15.3 Å². The third-order valence-electron chi connectivity index (χ3n) is 3.36.